The lowest BCUT2D eigenvalue weighted by atomic mass is 9.78. The lowest BCUT2D eigenvalue weighted by Gasteiger charge is -2.27. The van der Waals surface area contributed by atoms with E-state index in [1.807, 2.05) is 0 Å². The molecule has 0 radical (unpaired) electrons. The highest BCUT2D eigenvalue weighted by Crippen LogP contribution is 2.35. The Morgan fingerprint density at radius 3 is 0.778 bits per heavy atom. The molecule has 0 rings (SSSR count). The van der Waals surface area contributed by atoms with Gasteiger partial charge in [-0.15, -0.1) is 0 Å². The van der Waals surface area contributed by atoms with Gasteiger partial charge >= 0.3 is 0 Å². The second kappa shape index (κ2) is 7.16. The van der Waals surface area contributed by atoms with Gasteiger partial charge in [0.05, 0.1) is 0 Å². The maximum atomic E-state index is 2.33. The maximum absolute atomic E-state index is 2.33. The van der Waals surface area contributed by atoms with E-state index in [0.29, 0.717) is 23.7 Å². The van der Waals surface area contributed by atoms with Crippen LogP contribution in [0.4, 0.5) is 0 Å². The van der Waals surface area contributed by atoms with Gasteiger partial charge in [0.15, 0.2) is 0 Å². The number of hydrogen-bond donors (Lipinski definition) is 0. The summed E-state index contributed by atoms with van der Waals surface area (Å²) in [6.45, 7) is 23.2. The van der Waals surface area contributed by atoms with E-state index in [1.165, 1.54) is 0 Å². The molecule has 0 N–H and O–H groups in total. The Kier molecular flexibility index (Phi) is 6.96. The molecule has 0 heteroatoms. The minimum absolute atomic E-state index is 0.610. The second-order valence-corrected chi connectivity index (χ2v) is 6.81. The first kappa shape index (κ1) is 17.5. The zero-order valence-electron chi connectivity index (χ0n) is 14.3. The molecule has 0 aliphatic rings. The van der Waals surface area contributed by atoms with Crippen LogP contribution in [0.5, 0.6) is 0 Å². The highest BCUT2D eigenvalue weighted by atomic mass is 14.3. The van der Waals surface area contributed by atoms with Crippen LogP contribution < -0.4 is 0 Å². The van der Waals surface area contributed by atoms with Gasteiger partial charge in [-0.25, -0.2) is 0 Å². The van der Waals surface area contributed by atoms with E-state index in [2.05, 4.69) is 69.2 Å². The van der Waals surface area contributed by atoms with Crippen molar-refractivity contribution in [2.24, 2.45) is 23.7 Å². The summed E-state index contributed by atoms with van der Waals surface area (Å²) in [5.41, 5.74) is 6.33. The van der Waals surface area contributed by atoms with Crippen LogP contribution in [0.15, 0.2) is 22.3 Å². The zero-order valence-corrected chi connectivity index (χ0v) is 14.3. The standard InChI is InChI=1S/C18H34/c1-11(2)15(9)17(13(5)6)18(14(7)8)16(10)12(3)4/h11-14H,1-10H3/b17-15-,18-16-. The molecule has 0 aromatic carbocycles. The Labute approximate surface area is 116 Å². The lowest BCUT2D eigenvalue weighted by molar-refractivity contribution is 0.634. The predicted octanol–water partition coefficient (Wildman–Crippen LogP) is 6.24. The van der Waals surface area contributed by atoms with Crippen LogP contribution in [0.1, 0.15) is 69.2 Å². The molecule has 0 amide bonds. The monoisotopic (exact) mass is 250 g/mol. The van der Waals surface area contributed by atoms with Gasteiger partial charge in [-0.1, -0.05) is 66.5 Å². The van der Waals surface area contributed by atoms with Crippen molar-refractivity contribution in [1.82, 2.24) is 0 Å². The first-order valence-electron chi connectivity index (χ1n) is 7.52. The molecule has 0 nitrogen and oxygen atoms in total. The Balaban J connectivity index is 6.02. The van der Waals surface area contributed by atoms with Crippen molar-refractivity contribution >= 4 is 0 Å². The predicted molar refractivity (Wildman–Crippen MR) is 84.8 cm³/mol. The third-order valence-electron chi connectivity index (χ3n) is 4.03. The van der Waals surface area contributed by atoms with Crippen LogP contribution in [0, 0.1) is 23.7 Å². The molecule has 0 atom stereocenters. The molecular weight excluding hydrogens is 216 g/mol. The molecule has 106 valence electrons. The highest BCUT2D eigenvalue weighted by Gasteiger charge is 2.20. The summed E-state index contributed by atoms with van der Waals surface area (Å²) in [5, 5.41) is 0. The smallest absolute Gasteiger partial charge is 0.0216 e. The van der Waals surface area contributed by atoms with Gasteiger partial charge in [0.2, 0.25) is 0 Å². The van der Waals surface area contributed by atoms with E-state index in [1.54, 1.807) is 22.3 Å². The van der Waals surface area contributed by atoms with Crippen molar-refractivity contribution in [2.75, 3.05) is 0 Å². The molecule has 0 heterocycles. The normalized spacial score (nSPS) is 15.7. The third-order valence-corrected chi connectivity index (χ3v) is 4.03. The van der Waals surface area contributed by atoms with E-state index < -0.39 is 0 Å². The summed E-state index contributed by atoms with van der Waals surface area (Å²) in [6.07, 6.45) is 0. The molecule has 0 aromatic rings. The number of allylic oxidation sites excluding steroid dienone is 4. The Bertz CT molecular complexity index is 288. The molecule has 0 saturated carbocycles. The van der Waals surface area contributed by atoms with Crippen LogP contribution >= 0.6 is 0 Å². The van der Waals surface area contributed by atoms with E-state index in [0.717, 1.165) is 0 Å². The fraction of sp³-hybridized carbons (Fsp3) is 0.778. The van der Waals surface area contributed by atoms with Crippen molar-refractivity contribution < 1.29 is 0 Å². The van der Waals surface area contributed by atoms with Crippen molar-refractivity contribution in [3.63, 3.8) is 0 Å². The average molecular weight is 250 g/mol. The van der Waals surface area contributed by atoms with Crippen molar-refractivity contribution in [2.45, 2.75) is 69.2 Å². The minimum Gasteiger partial charge on any atom is -0.0670 e. The van der Waals surface area contributed by atoms with E-state index in [-0.39, 0.29) is 0 Å². The fourth-order valence-corrected chi connectivity index (χ4v) is 2.58. The first-order valence-corrected chi connectivity index (χ1v) is 7.52. The SMILES string of the molecule is C/C(=C(/C(=C(/C)C(C)C)C(C)C)C(C)C)C(C)C. The summed E-state index contributed by atoms with van der Waals surface area (Å²) in [4.78, 5) is 0. The molecule has 0 saturated heterocycles. The van der Waals surface area contributed by atoms with Crippen molar-refractivity contribution in [3.05, 3.63) is 22.3 Å². The van der Waals surface area contributed by atoms with Gasteiger partial charge in [-0.05, 0) is 48.7 Å². The van der Waals surface area contributed by atoms with Gasteiger partial charge in [-0.2, -0.15) is 0 Å². The maximum Gasteiger partial charge on any atom is -0.0216 e. The topological polar surface area (TPSA) is 0 Å². The summed E-state index contributed by atoms with van der Waals surface area (Å²) in [5.74, 6) is 2.49. The quantitative estimate of drug-likeness (QED) is 0.506. The van der Waals surface area contributed by atoms with Gasteiger partial charge < -0.3 is 0 Å². The summed E-state index contributed by atoms with van der Waals surface area (Å²) < 4.78 is 0. The van der Waals surface area contributed by atoms with Gasteiger partial charge in [0.1, 0.15) is 0 Å². The van der Waals surface area contributed by atoms with E-state index in [4.69, 9.17) is 0 Å². The zero-order chi connectivity index (χ0) is 14.6. The van der Waals surface area contributed by atoms with Crippen LogP contribution in [0.2, 0.25) is 0 Å². The summed E-state index contributed by atoms with van der Waals surface area (Å²) in [6, 6.07) is 0. The van der Waals surface area contributed by atoms with Crippen molar-refractivity contribution in [3.8, 4) is 0 Å². The second-order valence-electron chi connectivity index (χ2n) is 6.81. The third kappa shape index (κ3) is 4.30. The fourth-order valence-electron chi connectivity index (χ4n) is 2.58. The highest BCUT2D eigenvalue weighted by molar-refractivity contribution is 5.41. The van der Waals surface area contributed by atoms with Crippen molar-refractivity contribution in [1.29, 1.82) is 0 Å². The van der Waals surface area contributed by atoms with Gasteiger partial charge in [0, 0.05) is 0 Å². The minimum atomic E-state index is 0.610. The molecule has 0 aromatic heterocycles. The van der Waals surface area contributed by atoms with Crippen LogP contribution in [-0.4, -0.2) is 0 Å². The van der Waals surface area contributed by atoms with E-state index in [9.17, 15) is 0 Å². The Morgan fingerprint density at radius 2 is 0.667 bits per heavy atom. The van der Waals surface area contributed by atoms with Crippen LogP contribution in [-0.2, 0) is 0 Å². The molecule has 0 aliphatic carbocycles. The van der Waals surface area contributed by atoms with Gasteiger partial charge in [0.25, 0.3) is 0 Å². The largest absolute Gasteiger partial charge is 0.0670 e. The van der Waals surface area contributed by atoms with Gasteiger partial charge in [-0.3, -0.25) is 0 Å². The molecule has 0 unspecified atom stereocenters. The Hall–Kier alpha value is -0.520. The first-order chi connectivity index (χ1) is 8.11. The Morgan fingerprint density at radius 1 is 0.444 bits per heavy atom. The molecule has 0 fully saturated rings. The summed E-state index contributed by atoms with van der Waals surface area (Å²) >= 11 is 0. The molecule has 0 spiro atoms. The number of hydrogen-bond acceptors (Lipinski definition) is 0. The van der Waals surface area contributed by atoms with E-state index >= 15 is 0 Å². The van der Waals surface area contributed by atoms with Crippen LogP contribution in [0.3, 0.4) is 0 Å². The average Bonchev–Trinajstić information content (AvgIpc) is 2.22. The molecule has 18 heavy (non-hydrogen) atoms. The molecule has 0 bridgehead atoms. The molecule has 0 aliphatic heterocycles. The lowest BCUT2D eigenvalue weighted by Crippen LogP contribution is -2.13. The number of rotatable bonds is 5. The molecular formula is C18H34. The van der Waals surface area contributed by atoms with Crippen LogP contribution in [0.25, 0.3) is 0 Å². The summed E-state index contributed by atoms with van der Waals surface area (Å²) in [7, 11) is 0.